The van der Waals surface area contributed by atoms with Crippen LogP contribution in [0.25, 0.3) is 0 Å². The lowest BCUT2D eigenvalue weighted by Crippen LogP contribution is -2.40. The van der Waals surface area contributed by atoms with E-state index in [0.29, 0.717) is 0 Å². The quantitative estimate of drug-likeness (QED) is 0.457. The molecule has 0 aromatic carbocycles. The van der Waals surface area contributed by atoms with Crippen LogP contribution in [0.5, 0.6) is 0 Å². The van der Waals surface area contributed by atoms with E-state index in [1.54, 1.807) is 0 Å². The SMILES string of the molecule is CC1=CNC(C)(S)C(N)=C1. The molecule has 10 heavy (non-hydrogen) atoms. The minimum Gasteiger partial charge on any atom is -0.399 e. The minimum atomic E-state index is -0.375. The second kappa shape index (κ2) is 2.23. The van der Waals surface area contributed by atoms with Crippen molar-refractivity contribution in [2.45, 2.75) is 18.7 Å². The zero-order chi connectivity index (χ0) is 7.78. The van der Waals surface area contributed by atoms with Crippen LogP contribution >= 0.6 is 12.6 Å². The van der Waals surface area contributed by atoms with Crippen molar-refractivity contribution >= 4 is 12.6 Å². The van der Waals surface area contributed by atoms with Gasteiger partial charge in [-0.05, 0) is 25.5 Å². The van der Waals surface area contributed by atoms with E-state index in [2.05, 4.69) is 17.9 Å². The van der Waals surface area contributed by atoms with Crippen molar-refractivity contribution in [1.82, 2.24) is 5.32 Å². The van der Waals surface area contributed by atoms with E-state index in [1.807, 2.05) is 26.1 Å². The zero-order valence-electron chi connectivity index (χ0n) is 6.18. The molecule has 0 radical (unpaired) electrons. The molecule has 0 amide bonds. The lowest BCUT2D eigenvalue weighted by atomic mass is 10.1. The van der Waals surface area contributed by atoms with Crippen molar-refractivity contribution in [1.29, 1.82) is 0 Å². The highest BCUT2D eigenvalue weighted by molar-refractivity contribution is 7.82. The normalized spacial score (nSPS) is 32.3. The van der Waals surface area contributed by atoms with Gasteiger partial charge in [0.1, 0.15) is 4.87 Å². The molecule has 0 spiro atoms. The van der Waals surface area contributed by atoms with Gasteiger partial charge in [-0.1, -0.05) is 0 Å². The monoisotopic (exact) mass is 156 g/mol. The summed E-state index contributed by atoms with van der Waals surface area (Å²) in [5.41, 5.74) is 7.57. The third kappa shape index (κ3) is 1.29. The van der Waals surface area contributed by atoms with Crippen LogP contribution in [0.2, 0.25) is 0 Å². The maximum atomic E-state index is 5.68. The summed E-state index contributed by atoms with van der Waals surface area (Å²) in [5, 5.41) is 3.07. The van der Waals surface area contributed by atoms with Crippen molar-refractivity contribution in [3.63, 3.8) is 0 Å². The Bertz CT molecular complexity index is 204. The topological polar surface area (TPSA) is 38.0 Å². The van der Waals surface area contributed by atoms with Gasteiger partial charge in [0.2, 0.25) is 0 Å². The molecule has 2 nitrogen and oxygen atoms in total. The standard InChI is InChI=1S/C7H12N2S/c1-5-3-6(8)7(2,10)9-4-5/h3-4,9-10H,8H2,1-2H3. The van der Waals surface area contributed by atoms with Crippen LogP contribution in [0.15, 0.2) is 23.5 Å². The Morgan fingerprint density at radius 2 is 2.30 bits per heavy atom. The van der Waals surface area contributed by atoms with Crippen LogP contribution in [0, 0.1) is 0 Å². The maximum Gasteiger partial charge on any atom is 0.117 e. The third-order valence-corrected chi connectivity index (χ3v) is 1.91. The molecule has 1 rings (SSSR count). The largest absolute Gasteiger partial charge is 0.399 e. The molecule has 0 aliphatic carbocycles. The van der Waals surface area contributed by atoms with Crippen LogP contribution in [0.4, 0.5) is 0 Å². The van der Waals surface area contributed by atoms with Gasteiger partial charge in [-0.3, -0.25) is 0 Å². The average molecular weight is 156 g/mol. The fourth-order valence-electron chi connectivity index (χ4n) is 0.765. The van der Waals surface area contributed by atoms with E-state index < -0.39 is 0 Å². The van der Waals surface area contributed by atoms with Crippen molar-refractivity contribution in [3.8, 4) is 0 Å². The number of dihydropyridines is 1. The van der Waals surface area contributed by atoms with Crippen LogP contribution in [-0.2, 0) is 0 Å². The van der Waals surface area contributed by atoms with Gasteiger partial charge in [0.15, 0.2) is 0 Å². The molecule has 56 valence electrons. The smallest absolute Gasteiger partial charge is 0.117 e. The Labute approximate surface area is 66.6 Å². The number of nitrogens with two attached hydrogens (primary N) is 1. The van der Waals surface area contributed by atoms with Gasteiger partial charge in [-0.15, -0.1) is 12.6 Å². The summed E-state index contributed by atoms with van der Waals surface area (Å²) in [7, 11) is 0. The summed E-state index contributed by atoms with van der Waals surface area (Å²) in [6, 6.07) is 0. The predicted molar refractivity (Wildman–Crippen MR) is 46.6 cm³/mol. The molecule has 0 aromatic heterocycles. The molecule has 1 heterocycles. The first-order chi connectivity index (χ1) is 4.52. The number of nitrogens with one attached hydrogen (secondary N) is 1. The Morgan fingerprint density at radius 1 is 1.70 bits per heavy atom. The predicted octanol–water partition coefficient (Wildman–Crippen LogP) is 0.982. The van der Waals surface area contributed by atoms with Crippen molar-refractivity contribution in [2.75, 3.05) is 0 Å². The molecule has 0 aromatic rings. The first-order valence-corrected chi connectivity index (χ1v) is 3.61. The fourth-order valence-corrected chi connectivity index (χ4v) is 0.894. The van der Waals surface area contributed by atoms with Crippen molar-refractivity contribution in [3.05, 3.63) is 23.5 Å². The zero-order valence-corrected chi connectivity index (χ0v) is 7.07. The van der Waals surface area contributed by atoms with Crippen molar-refractivity contribution < 1.29 is 0 Å². The van der Waals surface area contributed by atoms with Gasteiger partial charge < -0.3 is 11.1 Å². The molecular formula is C7H12N2S. The highest BCUT2D eigenvalue weighted by Crippen LogP contribution is 2.21. The summed E-state index contributed by atoms with van der Waals surface area (Å²) in [4.78, 5) is -0.375. The lowest BCUT2D eigenvalue weighted by molar-refractivity contribution is 0.651. The second-order valence-electron chi connectivity index (χ2n) is 2.70. The third-order valence-electron chi connectivity index (χ3n) is 1.53. The van der Waals surface area contributed by atoms with Crippen molar-refractivity contribution in [2.24, 2.45) is 5.73 Å². The Morgan fingerprint density at radius 3 is 2.70 bits per heavy atom. The van der Waals surface area contributed by atoms with E-state index in [9.17, 15) is 0 Å². The molecule has 1 unspecified atom stereocenters. The van der Waals surface area contributed by atoms with Gasteiger partial charge in [0.25, 0.3) is 0 Å². The highest BCUT2D eigenvalue weighted by Gasteiger charge is 2.22. The first-order valence-electron chi connectivity index (χ1n) is 3.17. The van der Waals surface area contributed by atoms with Gasteiger partial charge in [-0.25, -0.2) is 0 Å². The van der Waals surface area contributed by atoms with Crippen LogP contribution in [-0.4, -0.2) is 4.87 Å². The number of hydrogen-bond donors (Lipinski definition) is 3. The highest BCUT2D eigenvalue weighted by atomic mass is 32.1. The van der Waals surface area contributed by atoms with Gasteiger partial charge in [0.05, 0.1) is 0 Å². The van der Waals surface area contributed by atoms with E-state index in [-0.39, 0.29) is 4.87 Å². The molecule has 1 aliphatic rings. The molecule has 1 aliphatic heterocycles. The van der Waals surface area contributed by atoms with E-state index in [0.717, 1.165) is 11.3 Å². The second-order valence-corrected chi connectivity index (χ2v) is 3.60. The minimum absolute atomic E-state index is 0.375. The number of hydrogen-bond acceptors (Lipinski definition) is 3. The van der Waals surface area contributed by atoms with Crippen LogP contribution in [0.3, 0.4) is 0 Å². The Balaban J connectivity index is 2.88. The molecule has 0 fully saturated rings. The number of thiol groups is 1. The molecule has 0 saturated carbocycles. The van der Waals surface area contributed by atoms with E-state index in [1.165, 1.54) is 0 Å². The van der Waals surface area contributed by atoms with Gasteiger partial charge in [0, 0.05) is 11.9 Å². The Hall–Kier alpha value is -0.570. The molecule has 1 atom stereocenters. The lowest BCUT2D eigenvalue weighted by Gasteiger charge is -2.28. The van der Waals surface area contributed by atoms with Crippen LogP contribution in [0.1, 0.15) is 13.8 Å². The van der Waals surface area contributed by atoms with Crippen LogP contribution < -0.4 is 11.1 Å². The summed E-state index contributed by atoms with van der Waals surface area (Å²) in [6.45, 7) is 3.91. The first kappa shape index (κ1) is 7.54. The number of rotatable bonds is 0. The van der Waals surface area contributed by atoms with Gasteiger partial charge in [-0.2, -0.15) is 0 Å². The van der Waals surface area contributed by atoms with E-state index in [4.69, 9.17) is 5.73 Å². The maximum absolute atomic E-state index is 5.68. The Kier molecular flexibility index (Phi) is 1.68. The summed E-state index contributed by atoms with van der Waals surface area (Å²) in [5.74, 6) is 0. The number of allylic oxidation sites excluding steroid dienone is 2. The fraction of sp³-hybridized carbons (Fsp3) is 0.429. The van der Waals surface area contributed by atoms with Gasteiger partial charge >= 0.3 is 0 Å². The van der Waals surface area contributed by atoms with E-state index >= 15 is 0 Å². The molecular weight excluding hydrogens is 144 g/mol. The summed E-state index contributed by atoms with van der Waals surface area (Å²) < 4.78 is 0. The summed E-state index contributed by atoms with van der Waals surface area (Å²) in [6.07, 6.45) is 3.83. The summed E-state index contributed by atoms with van der Waals surface area (Å²) >= 11 is 4.30. The molecule has 3 N–H and O–H groups in total. The molecule has 0 saturated heterocycles. The molecule has 3 heteroatoms. The molecule has 0 bridgehead atoms. The average Bonchev–Trinajstić information content (AvgIpc) is 1.81.